The second-order valence-electron chi connectivity index (χ2n) is 4.44. The van der Waals surface area contributed by atoms with E-state index in [4.69, 9.17) is 0 Å². The molecule has 0 aromatic carbocycles. The fraction of sp³-hybridized carbons (Fsp3) is 0.333. The Morgan fingerprint density at radius 2 is 1.95 bits per heavy atom. The normalized spacial score (nSPS) is 10.2. The maximum atomic E-state index is 12.0. The summed E-state index contributed by atoms with van der Waals surface area (Å²) in [6, 6.07) is 5.57. The van der Waals surface area contributed by atoms with Crippen LogP contribution < -0.4 is 10.2 Å². The Bertz CT molecular complexity index is 566. The highest BCUT2D eigenvalue weighted by Crippen LogP contribution is 2.08. The number of nitrogens with one attached hydrogen (secondary N) is 1. The summed E-state index contributed by atoms with van der Waals surface area (Å²) in [5.74, 6) is 0.528. The number of amides is 1. The molecule has 6 nitrogen and oxygen atoms in total. The van der Waals surface area contributed by atoms with Crippen LogP contribution in [0.4, 0.5) is 5.82 Å². The van der Waals surface area contributed by atoms with Crippen LogP contribution in [0.2, 0.25) is 0 Å². The summed E-state index contributed by atoms with van der Waals surface area (Å²) in [4.78, 5) is 26.7. The van der Waals surface area contributed by atoms with Crippen LogP contribution in [0.15, 0.2) is 36.8 Å². The van der Waals surface area contributed by atoms with E-state index in [1.165, 1.54) is 6.20 Å². The van der Waals surface area contributed by atoms with Gasteiger partial charge < -0.3 is 10.2 Å². The summed E-state index contributed by atoms with van der Waals surface area (Å²) < 4.78 is 0. The molecule has 0 fully saturated rings. The minimum Gasteiger partial charge on any atom is -0.356 e. The van der Waals surface area contributed by atoms with Gasteiger partial charge in [0.05, 0.1) is 24.6 Å². The van der Waals surface area contributed by atoms with Crippen molar-refractivity contribution in [3.8, 4) is 0 Å². The third-order valence-corrected chi connectivity index (χ3v) is 3.11. The van der Waals surface area contributed by atoms with E-state index in [0.29, 0.717) is 12.2 Å². The van der Waals surface area contributed by atoms with Gasteiger partial charge in [-0.3, -0.25) is 9.78 Å². The highest BCUT2D eigenvalue weighted by molar-refractivity contribution is 5.91. The van der Waals surface area contributed by atoms with E-state index in [-0.39, 0.29) is 5.91 Å². The van der Waals surface area contributed by atoms with Crippen LogP contribution in [-0.4, -0.2) is 33.9 Å². The Labute approximate surface area is 124 Å². The minimum atomic E-state index is -0.251. The van der Waals surface area contributed by atoms with Crippen molar-refractivity contribution in [2.45, 2.75) is 20.4 Å². The standard InChI is InChI=1S/C15H19N5O/c1-3-20(4-2)14-11-17-13(10-18-14)15(21)19-9-12-7-5-6-8-16-12/h5-8,10-11H,3-4,9H2,1-2H3,(H,19,21). The van der Waals surface area contributed by atoms with Gasteiger partial charge in [-0.1, -0.05) is 6.07 Å². The molecule has 0 bridgehead atoms. The largest absolute Gasteiger partial charge is 0.356 e. The van der Waals surface area contributed by atoms with Crippen LogP contribution >= 0.6 is 0 Å². The molecule has 0 unspecified atom stereocenters. The second kappa shape index (κ2) is 7.33. The molecule has 2 aromatic heterocycles. The maximum Gasteiger partial charge on any atom is 0.271 e. The molecule has 21 heavy (non-hydrogen) atoms. The van der Waals surface area contributed by atoms with Gasteiger partial charge in [0, 0.05) is 19.3 Å². The zero-order valence-corrected chi connectivity index (χ0v) is 12.3. The highest BCUT2D eigenvalue weighted by Gasteiger charge is 2.09. The fourth-order valence-corrected chi connectivity index (χ4v) is 1.91. The van der Waals surface area contributed by atoms with Crippen LogP contribution in [0.5, 0.6) is 0 Å². The zero-order valence-electron chi connectivity index (χ0n) is 12.3. The molecule has 0 aliphatic heterocycles. The van der Waals surface area contributed by atoms with E-state index in [1.54, 1.807) is 12.4 Å². The average molecular weight is 285 g/mol. The summed E-state index contributed by atoms with van der Waals surface area (Å²) in [5.41, 5.74) is 1.11. The summed E-state index contributed by atoms with van der Waals surface area (Å²) >= 11 is 0. The Balaban J connectivity index is 1.97. The molecular formula is C15H19N5O. The lowest BCUT2D eigenvalue weighted by atomic mass is 10.3. The van der Waals surface area contributed by atoms with Gasteiger partial charge in [0.1, 0.15) is 11.5 Å². The SMILES string of the molecule is CCN(CC)c1cnc(C(=O)NCc2ccccn2)cn1. The Morgan fingerprint density at radius 1 is 1.14 bits per heavy atom. The Hall–Kier alpha value is -2.50. The third kappa shape index (κ3) is 3.98. The van der Waals surface area contributed by atoms with Gasteiger partial charge in [-0.25, -0.2) is 9.97 Å². The second-order valence-corrected chi connectivity index (χ2v) is 4.44. The van der Waals surface area contributed by atoms with Crippen molar-refractivity contribution < 1.29 is 4.79 Å². The van der Waals surface area contributed by atoms with Gasteiger partial charge in [-0.05, 0) is 26.0 Å². The summed E-state index contributed by atoms with van der Waals surface area (Å²) in [7, 11) is 0. The van der Waals surface area contributed by atoms with Gasteiger partial charge in [-0.2, -0.15) is 0 Å². The number of rotatable bonds is 6. The van der Waals surface area contributed by atoms with Crippen molar-refractivity contribution >= 4 is 11.7 Å². The molecule has 0 aliphatic carbocycles. The van der Waals surface area contributed by atoms with Gasteiger partial charge >= 0.3 is 0 Å². The molecule has 2 heterocycles. The Kier molecular flexibility index (Phi) is 5.20. The van der Waals surface area contributed by atoms with Crippen molar-refractivity contribution in [2.75, 3.05) is 18.0 Å². The first-order valence-corrected chi connectivity index (χ1v) is 6.99. The first-order chi connectivity index (χ1) is 10.2. The number of carbonyl (C=O) groups is 1. The minimum absolute atomic E-state index is 0.251. The van der Waals surface area contributed by atoms with Gasteiger partial charge in [0.25, 0.3) is 5.91 Å². The predicted molar refractivity (Wildman–Crippen MR) is 81.0 cm³/mol. The van der Waals surface area contributed by atoms with E-state index in [1.807, 2.05) is 18.2 Å². The summed E-state index contributed by atoms with van der Waals surface area (Å²) in [6.45, 7) is 6.20. The number of aromatic nitrogens is 3. The third-order valence-electron chi connectivity index (χ3n) is 3.11. The molecule has 110 valence electrons. The smallest absolute Gasteiger partial charge is 0.271 e. The number of nitrogens with zero attached hydrogens (tertiary/aromatic N) is 4. The molecule has 0 aliphatic rings. The molecule has 6 heteroatoms. The lowest BCUT2D eigenvalue weighted by Gasteiger charge is -2.18. The van der Waals surface area contributed by atoms with Crippen LogP contribution in [-0.2, 0) is 6.54 Å². The van der Waals surface area contributed by atoms with Crippen molar-refractivity contribution in [3.05, 3.63) is 48.2 Å². The lowest BCUT2D eigenvalue weighted by Crippen LogP contribution is -2.26. The predicted octanol–water partition coefficient (Wildman–Crippen LogP) is 1.65. The van der Waals surface area contributed by atoms with E-state index in [2.05, 4.69) is 39.0 Å². The first-order valence-electron chi connectivity index (χ1n) is 6.99. The molecule has 2 rings (SSSR count). The van der Waals surface area contributed by atoms with Crippen LogP contribution in [0.25, 0.3) is 0 Å². The van der Waals surface area contributed by atoms with Gasteiger partial charge in [0.2, 0.25) is 0 Å². The van der Waals surface area contributed by atoms with Crippen molar-refractivity contribution in [1.29, 1.82) is 0 Å². The molecule has 1 N–H and O–H groups in total. The maximum absolute atomic E-state index is 12.0. The number of carbonyl (C=O) groups excluding carboxylic acids is 1. The molecule has 2 aromatic rings. The summed E-state index contributed by atoms with van der Waals surface area (Å²) in [5, 5.41) is 2.77. The molecule has 0 atom stereocenters. The van der Waals surface area contributed by atoms with Gasteiger partial charge in [-0.15, -0.1) is 0 Å². The molecule has 1 amide bonds. The number of pyridine rings is 1. The van der Waals surface area contributed by atoms with Crippen LogP contribution in [0.3, 0.4) is 0 Å². The van der Waals surface area contributed by atoms with Crippen molar-refractivity contribution in [3.63, 3.8) is 0 Å². The fourth-order valence-electron chi connectivity index (χ4n) is 1.91. The average Bonchev–Trinajstić information content (AvgIpc) is 2.55. The van der Waals surface area contributed by atoms with E-state index < -0.39 is 0 Å². The molecular weight excluding hydrogens is 266 g/mol. The van der Waals surface area contributed by atoms with Gasteiger partial charge in [0.15, 0.2) is 0 Å². The van der Waals surface area contributed by atoms with Crippen molar-refractivity contribution in [1.82, 2.24) is 20.3 Å². The molecule has 0 saturated carbocycles. The van der Waals surface area contributed by atoms with Crippen molar-refractivity contribution in [2.24, 2.45) is 0 Å². The van der Waals surface area contributed by atoms with Crippen LogP contribution in [0, 0.1) is 0 Å². The summed E-state index contributed by atoms with van der Waals surface area (Å²) in [6.07, 6.45) is 4.82. The van der Waals surface area contributed by atoms with E-state index in [9.17, 15) is 4.79 Å². The number of hydrogen-bond acceptors (Lipinski definition) is 5. The quantitative estimate of drug-likeness (QED) is 0.873. The highest BCUT2D eigenvalue weighted by atomic mass is 16.1. The van der Waals surface area contributed by atoms with Crippen LogP contribution in [0.1, 0.15) is 30.0 Å². The number of anilines is 1. The van der Waals surface area contributed by atoms with E-state index >= 15 is 0 Å². The molecule has 0 spiro atoms. The van der Waals surface area contributed by atoms with E-state index in [0.717, 1.165) is 24.6 Å². The lowest BCUT2D eigenvalue weighted by molar-refractivity contribution is 0.0945. The zero-order chi connectivity index (χ0) is 15.1. The topological polar surface area (TPSA) is 71.0 Å². The molecule has 0 saturated heterocycles. The Morgan fingerprint density at radius 3 is 2.52 bits per heavy atom. The monoisotopic (exact) mass is 285 g/mol. The molecule has 0 radical (unpaired) electrons. The number of hydrogen-bond donors (Lipinski definition) is 1. The first kappa shape index (κ1) is 14.9.